The number of carbonyl (C=O) groups excluding carboxylic acids is 1. The Morgan fingerprint density at radius 2 is 1.98 bits per heavy atom. The first-order valence-corrected chi connectivity index (χ1v) is 13.8. The molecular weight excluding hydrogens is 532 g/mol. The summed E-state index contributed by atoms with van der Waals surface area (Å²) in [6.07, 6.45) is 4.59. The van der Waals surface area contributed by atoms with Gasteiger partial charge in [-0.1, -0.05) is 25.6 Å². The number of aryl methyl sites for hydroxylation is 2. The predicted molar refractivity (Wildman–Crippen MR) is 161 cm³/mol. The molecule has 214 valence electrons. The van der Waals surface area contributed by atoms with Crippen LogP contribution in [0.4, 0.5) is 17.5 Å². The number of benzene rings is 2. The number of anilines is 3. The molecule has 1 saturated heterocycles. The van der Waals surface area contributed by atoms with E-state index < -0.39 is 0 Å². The summed E-state index contributed by atoms with van der Waals surface area (Å²) in [6.45, 7) is 11.7. The summed E-state index contributed by atoms with van der Waals surface area (Å²) in [5.41, 5.74) is 4.74. The van der Waals surface area contributed by atoms with Gasteiger partial charge >= 0.3 is 0 Å². The van der Waals surface area contributed by atoms with E-state index in [0.717, 1.165) is 28.0 Å². The predicted octanol–water partition coefficient (Wildman–Crippen LogP) is 4.41. The zero-order chi connectivity index (χ0) is 29.4. The van der Waals surface area contributed by atoms with Crippen molar-refractivity contribution in [3.63, 3.8) is 0 Å². The molecule has 3 aromatic heterocycles. The van der Waals surface area contributed by atoms with Crippen LogP contribution in [-0.4, -0.2) is 71.4 Å². The molecule has 0 radical (unpaired) electrons. The smallest absolute Gasteiger partial charge is 0.246 e. The van der Waals surface area contributed by atoms with Gasteiger partial charge in [0.05, 0.1) is 17.8 Å². The lowest BCUT2D eigenvalue weighted by Gasteiger charge is -2.43. The van der Waals surface area contributed by atoms with Gasteiger partial charge in [-0.25, -0.2) is 24.6 Å². The maximum Gasteiger partial charge on any atom is 0.246 e. The van der Waals surface area contributed by atoms with Crippen LogP contribution in [0.3, 0.4) is 0 Å². The van der Waals surface area contributed by atoms with Crippen molar-refractivity contribution >= 4 is 45.4 Å². The van der Waals surface area contributed by atoms with Crippen molar-refractivity contribution in [2.24, 2.45) is 13.0 Å². The number of ether oxygens (including phenoxy) is 1. The summed E-state index contributed by atoms with van der Waals surface area (Å²) in [6, 6.07) is 11.6. The Hall–Kier alpha value is -5.13. The Balaban J connectivity index is 1.22. The lowest BCUT2D eigenvalue weighted by atomic mass is 9.99. The van der Waals surface area contributed by atoms with Crippen LogP contribution in [0.1, 0.15) is 19.4 Å². The minimum absolute atomic E-state index is 0.0272. The van der Waals surface area contributed by atoms with Crippen molar-refractivity contribution in [1.82, 2.24) is 39.8 Å². The summed E-state index contributed by atoms with van der Waals surface area (Å²) in [4.78, 5) is 34.7. The van der Waals surface area contributed by atoms with Crippen molar-refractivity contribution in [1.29, 1.82) is 0 Å². The molecule has 1 amide bonds. The van der Waals surface area contributed by atoms with Crippen LogP contribution >= 0.6 is 0 Å². The van der Waals surface area contributed by atoms with Crippen LogP contribution in [0.2, 0.25) is 0 Å². The third kappa shape index (κ3) is 5.18. The Kier molecular flexibility index (Phi) is 7.11. The van der Waals surface area contributed by atoms with Crippen molar-refractivity contribution in [2.75, 3.05) is 29.9 Å². The summed E-state index contributed by atoms with van der Waals surface area (Å²) in [7, 11) is 1.86. The second-order valence-corrected chi connectivity index (χ2v) is 10.7. The Morgan fingerprint density at radius 3 is 2.76 bits per heavy atom. The lowest BCUT2D eigenvalue weighted by molar-refractivity contribution is -0.129. The van der Waals surface area contributed by atoms with Crippen LogP contribution in [0.5, 0.6) is 11.5 Å². The van der Waals surface area contributed by atoms with Crippen molar-refractivity contribution in [2.45, 2.75) is 26.8 Å². The van der Waals surface area contributed by atoms with Gasteiger partial charge < -0.3 is 19.9 Å². The zero-order valence-corrected chi connectivity index (χ0v) is 24.0. The number of nitrogens with one attached hydrogen (secondary N) is 1. The zero-order valence-electron chi connectivity index (χ0n) is 24.0. The normalized spacial score (nSPS) is 15.4. The number of piperazine rings is 1. The first-order chi connectivity index (χ1) is 20.3. The second kappa shape index (κ2) is 11.0. The molecule has 5 aromatic rings. The van der Waals surface area contributed by atoms with Gasteiger partial charge in [-0.2, -0.15) is 0 Å². The van der Waals surface area contributed by atoms with Crippen LogP contribution in [-0.2, 0) is 11.8 Å². The molecule has 0 spiro atoms. The summed E-state index contributed by atoms with van der Waals surface area (Å²) in [5.74, 6) is 2.79. The summed E-state index contributed by atoms with van der Waals surface area (Å²) >= 11 is 0. The molecule has 0 saturated carbocycles. The second-order valence-electron chi connectivity index (χ2n) is 10.7. The quantitative estimate of drug-likeness (QED) is 0.284. The number of hydrogen-bond acceptors (Lipinski definition) is 10. The fourth-order valence-electron chi connectivity index (χ4n) is 5.23. The highest BCUT2D eigenvalue weighted by Crippen LogP contribution is 2.31. The SMILES string of the molecule is C=CC(=O)N1CCN(c2ncc3ncnc(Nc4ccc(Oc5ccc6c(c5)nnn6C)c(C)c4)c3n2)C[C@@H]1C(C)C. The number of rotatable bonds is 7. The van der Waals surface area contributed by atoms with Gasteiger partial charge in [-0.3, -0.25) is 4.79 Å². The first kappa shape index (κ1) is 27.1. The van der Waals surface area contributed by atoms with Gasteiger partial charge in [0.25, 0.3) is 0 Å². The summed E-state index contributed by atoms with van der Waals surface area (Å²) in [5, 5.41) is 11.6. The molecule has 4 heterocycles. The highest BCUT2D eigenvalue weighted by Gasteiger charge is 2.32. The van der Waals surface area contributed by atoms with E-state index in [1.807, 2.05) is 55.3 Å². The molecule has 2 aromatic carbocycles. The van der Waals surface area contributed by atoms with Crippen molar-refractivity contribution in [3.05, 3.63) is 67.1 Å². The molecule has 1 aliphatic rings. The number of amides is 1. The van der Waals surface area contributed by atoms with E-state index in [1.165, 1.54) is 12.4 Å². The maximum absolute atomic E-state index is 12.4. The van der Waals surface area contributed by atoms with Gasteiger partial charge in [0.1, 0.15) is 34.4 Å². The minimum Gasteiger partial charge on any atom is -0.457 e. The first-order valence-electron chi connectivity index (χ1n) is 13.8. The van der Waals surface area contributed by atoms with Gasteiger partial charge in [0.15, 0.2) is 5.82 Å². The Labute approximate surface area is 243 Å². The molecule has 1 atom stereocenters. The molecule has 12 nitrogen and oxygen atoms in total. The van der Waals surface area contributed by atoms with E-state index in [2.05, 4.69) is 55.9 Å². The largest absolute Gasteiger partial charge is 0.457 e. The van der Waals surface area contributed by atoms with Crippen molar-refractivity contribution < 1.29 is 9.53 Å². The van der Waals surface area contributed by atoms with E-state index in [-0.39, 0.29) is 17.9 Å². The van der Waals surface area contributed by atoms with Crippen LogP contribution in [0.25, 0.3) is 22.1 Å². The number of carbonyl (C=O) groups is 1. The van der Waals surface area contributed by atoms with Crippen LogP contribution in [0, 0.1) is 12.8 Å². The highest BCUT2D eigenvalue weighted by molar-refractivity contribution is 5.88. The summed E-state index contributed by atoms with van der Waals surface area (Å²) < 4.78 is 7.88. The fourth-order valence-corrected chi connectivity index (χ4v) is 5.23. The number of fused-ring (bicyclic) bond motifs is 2. The Morgan fingerprint density at radius 1 is 1.12 bits per heavy atom. The molecule has 6 rings (SSSR count). The van der Waals surface area contributed by atoms with Gasteiger partial charge in [0.2, 0.25) is 11.9 Å². The number of nitrogens with zero attached hydrogens (tertiary/aromatic N) is 9. The van der Waals surface area contributed by atoms with E-state index in [1.54, 1.807) is 10.9 Å². The topological polar surface area (TPSA) is 127 Å². The van der Waals surface area contributed by atoms with Crippen LogP contribution < -0.4 is 15.0 Å². The molecule has 42 heavy (non-hydrogen) atoms. The van der Waals surface area contributed by atoms with E-state index >= 15 is 0 Å². The third-order valence-electron chi connectivity index (χ3n) is 7.54. The van der Waals surface area contributed by atoms with Gasteiger partial charge in [0, 0.05) is 38.4 Å². The Bertz CT molecular complexity index is 1800. The number of aromatic nitrogens is 7. The monoisotopic (exact) mass is 564 g/mol. The van der Waals surface area contributed by atoms with E-state index in [0.29, 0.717) is 48.2 Å². The van der Waals surface area contributed by atoms with E-state index in [9.17, 15) is 4.79 Å². The molecule has 0 unspecified atom stereocenters. The minimum atomic E-state index is -0.0500. The standard InChI is InChI=1S/C30H32N10O2/c1-6-27(41)40-12-11-39(16-25(40)18(2)3)30-31-15-23-28(35-30)29(33-17-32-23)34-20-7-10-26(19(4)13-20)42-21-8-9-24-22(14-21)36-37-38(24)5/h6-10,13-15,17-18,25H,1,11-12,16H2,2-5H3,(H,32,33,34)/t25-/m1/s1. The highest BCUT2D eigenvalue weighted by atomic mass is 16.5. The van der Waals surface area contributed by atoms with Crippen molar-refractivity contribution in [3.8, 4) is 11.5 Å². The molecule has 1 N–H and O–H groups in total. The molecule has 1 aliphatic heterocycles. The molecule has 0 bridgehead atoms. The van der Waals surface area contributed by atoms with Crippen LogP contribution in [0.15, 0.2) is 61.6 Å². The maximum atomic E-state index is 12.4. The third-order valence-corrected chi connectivity index (χ3v) is 7.54. The molecule has 12 heteroatoms. The average Bonchev–Trinajstić information content (AvgIpc) is 3.37. The van der Waals surface area contributed by atoms with Gasteiger partial charge in [-0.15, -0.1) is 5.10 Å². The average molecular weight is 565 g/mol. The molecular formula is C30H32N10O2. The van der Waals surface area contributed by atoms with E-state index in [4.69, 9.17) is 9.72 Å². The lowest BCUT2D eigenvalue weighted by Crippen LogP contribution is -2.57. The molecule has 0 aliphatic carbocycles. The fraction of sp³-hybridized carbons (Fsp3) is 0.300. The molecule has 1 fully saturated rings. The van der Waals surface area contributed by atoms with Gasteiger partial charge in [-0.05, 0) is 54.8 Å². The number of hydrogen-bond donors (Lipinski definition) is 1.